The Morgan fingerprint density at radius 2 is 1.69 bits per heavy atom. The smallest absolute Gasteiger partial charge is 0.424 e. The van der Waals surface area contributed by atoms with Crippen LogP contribution in [0.5, 0.6) is 0 Å². The van der Waals surface area contributed by atoms with E-state index in [1.807, 2.05) is 0 Å². The molecule has 7 rings (SSSR count). The van der Waals surface area contributed by atoms with Gasteiger partial charge in [-0.3, -0.25) is 9.53 Å². The van der Waals surface area contributed by atoms with Gasteiger partial charge in [0.25, 0.3) is 5.92 Å². The number of carbonyl (C=O) groups excluding carboxylic acids is 1. The molecule has 0 spiro atoms. The predicted octanol–water partition coefficient (Wildman–Crippen LogP) is 4.29. The Hall–Kier alpha value is -1.62. The Bertz CT molecular complexity index is 907. The summed E-state index contributed by atoms with van der Waals surface area (Å²) in [5, 5.41) is 8.15. The second-order valence-electron chi connectivity index (χ2n) is 10.6. The first-order valence-electron chi connectivity index (χ1n) is 11.1. The summed E-state index contributed by atoms with van der Waals surface area (Å²) < 4.78 is 78.5. The molecule has 2 atom stereocenters. The fraction of sp³-hybridized carbons (Fsp3) is 0.857. The average molecular weight is 462 g/mol. The molecule has 0 aromatic carbocycles. The molecule has 0 amide bonds. The third kappa shape index (κ3) is 3.29. The molecule has 2 unspecified atom stereocenters. The number of Topliss-reactive ketones (excluding diaryl/α,β-unsaturated/α-hetero) is 1. The van der Waals surface area contributed by atoms with Crippen LogP contribution in [0.1, 0.15) is 69.1 Å². The number of nitrogens with zero attached hydrogens (tertiary/aromatic N) is 2. The quantitative estimate of drug-likeness (QED) is 0.537. The van der Waals surface area contributed by atoms with Gasteiger partial charge in [0.2, 0.25) is 11.8 Å². The third-order valence-corrected chi connectivity index (χ3v) is 8.23. The van der Waals surface area contributed by atoms with Crippen LogP contribution >= 0.6 is 0 Å². The number of fused-ring (bicyclic) bond motifs is 1. The number of halogens is 5. The van der Waals surface area contributed by atoms with Gasteiger partial charge in [-0.1, -0.05) is 0 Å². The Kier molecular flexibility index (Phi) is 4.25. The first kappa shape index (κ1) is 20.9. The van der Waals surface area contributed by atoms with Crippen LogP contribution in [0.25, 0.3) is 0 Å². The molecule has 32 heavy (non-hydrogen) atoms. The summed E-state index contributed by atoms with van der Waals surface area (Å²) in [6.45, 7) is -0.0298. The van der Waals surface area contributed by atoms with Crippen molar-refractivity contribution < 1.29 is 40.6 Å². The number of ether oxygens (including phenoxy) is 2. The molecule has 6 aliphatic rings. The highest BCUT2D eigenvalue weighted by Crippen LogP contribution is 2.75. The summed E-state index contributed by atoms with van der Waals surface area (Å²) in [5.41, 5.74) is -0.307. The Morgan fingerprint density at radius 3 is 2.31 bits per heavy atom. The van der Waals surface area contributed by atoms with Gasteiger partial charge in [0.15, 0.2) is 5.78 Å². The van der Waals surface area contributed by atoms with Crippen molar-refractivity contribution in [3.63, 3.8) is 0 Å². The number of ketones is 1. The average Bonchev–Trinajstić information content (AvgIpc) is 3.06. The molecule has 6 nitrogen and oxygen atoms in total. The number of hydrogen-bond acceptors (Lipinski definition) is 6. The zero-order chi connectivity index (χ0) is 22.5. The highest BCUT2D eigenvalue weighted by Gasteiger charge is 2.72. The molecular formula is C21H23F5N2O4. The number of alkyl halides is 5. The van der Waals surface area contributed by atoms with E-state index in [9.17, 15) is 26.7 Å². The number of aromatic nitrogens is 2. The van der Waals surface area contributed by atoms with E-state index >= 15 is 0 Å². The molecule has 0 aliphatic heterocycles. The van der Waals surface area contributed by atoms with E-state index in [0.29, 0.717) is 31.0 Å². The fourth-order valence-corrected chi connectivity index (χ4v) is 6.66. The molecule has 1 aromatic heterocycles. The van der Waals surface area contributed by atoms with Crippen molar-refractivity contribution in [2.75, 3.05) is 6.61 Å². The summed E-state index contributed by atoms with van der Waals surface area (Å²) in [5.74, 6) is -3.04. The normalized spacial score (nSPS) is 43.1. The van der Waals surface area contributed by atoms with Gasteiger partial charge in [0.1, 0.15) is 6.61 Å². The molecule has 176 valence electrons. The molecule has 0 N–H and O–H groups in total. The van der Waals surface area contributed by atoms with E-state index in [1.54, 1.807) is 0 Å². The van der Waals surface area contributed by atoms with E-state index in [-0.39, 0.29) is 48.1 Å². The minimum absolute atomic E-state index is 0.0120. The summed E-state index contributed by atoms with van der Waals surface area (Å²) in [7, 11) is 0. The van der Waals surface area contributed by atoms with Crippen LogP contribution in [0.3, 0.4) is 0 Å². The highest BCUT2D eigenvalue weighted by atomic mass is 19.4. The van der Waals surface area contributed by atoms with E-state index in [1.165, 1.54) is 0 Å². The summed E-state index contributed by atoms with van der Waals surface area (Å²) in [4.78, 5) is 12.3. The molecule has 6 aliphatic carbocycles. The maximum absolute atomic E-state index is 13.2. The van der Waals surface area contributed by atoms with Gasteiger partial charge in [-0.2, -0.15) is 0 Å². The summed E-state index contributed by atoms with van der Waals surface area (Å²) in [6.07, 6.45) is -1.99. The maximum Gasteiger partial charge on any atom is 0.522 e. The maximum atomic E-state index is 13.2. The van der Waals surface area contributed by atoms with Gasteiger partial charge < -0.3 is 9.15 Å². The third-order valence-electron chi connectivity index (χ3n) is 8.23. The van der Waals surface area contributed by atoms with Crippen LogP contribution in [0, 0.1) is 17.3 Å². The minimum atomic E-state index is -4.63. The molecule has 6 fully saturated rings. The Morgan fingerprint density at radius 1 is 1.03 bits per heavy atom. The monoisotopic (exact) mass is 462 g/mol. The lowest BCUT2D eigenvalue weighted by molar-refractivity contribution is -0.352. The predicted molar refractivity (Wildman–Crippen MR) is 95.7 cm³/mol. The zero-order valence-corrected chi connectivity index (χ0v) is 17.2. The van der Waals surface area contributed by atoms with Crippen LogP contribution < -0.4 is 0 Å². The van der Waals surface area contributed by atoms with Crippen molar-refractivity contribution in [3.05, 3.63) is 11.8 Å². The van der Waals surface area contributed by atoms with Gasteiger partial charge >= 0.3 is 6.36 Å². The van der Waals surface area contributed by atoms with Gasteiger partial charge in [0.05, 0.1) is 17.6 Å². The number of rotatable bonds is 8. The highest BCUT2D eigenvalue weighted by molar-refractivity contribution is 5.81. The SMILES string of the molecule is O=C(COC1CC2C(C1)C2(F)F)CC12CC(c3nnc(C4CC(OC(F)(F)F)C4)o3)(C1)C2. The van der Waals surface area contributed by atoms with E-state index < -0.39 is 30.2 Å². The lowest BCUT2D eigenvalue weighted by Gasteiger charge is -2.68. The first-order valence-corrected chi connectivity index (χ1v) is 11.1. The Labute approximate surface area is 180 Å². The van der Waals surface area contributed by atoms with Gasteiger partial charge in [-0.05, 0) is 50.4 Å². The first-order chi connectivity index (χ1) is 15.0. The minimum Gasteiger partial charge on any atom is -0.424 e. The van der Waals surface area contributed by atoms with Crippen LogP contribution in [0.4, 0.5) is 22.0 Å². The Balaban J connectivity index is 0.940. The number of hydrogen-bond donors (Lipinski definition) is 0. The van der Waals surface area contributed by atoms with Gasteiger partial charge in [0, 0.05) is 24.2 Å². The second kappa shape index (κ2) is 6.49. The zero-order valence-electron chi connectivity index (χ0n) is 17.2. The lowest BCUT2D eigenvalue weighted by atomic mass is 9.34. The van der Waals surface area contributed by atoms with Crippen molar-refractivity contribution in [2.24, 2.45) is 17.3 Å². The second-order valence-corrected chi connectivity index (χ2v) is 10.6. The molecule has 11 heteroatoms. The molecule has 2 bridgehead atoms. The van der Waals surface area contributed by atoms with Crippen molar-refractivity contribution in [1.82, 2.24) is 10.2 Å². The van der Waals surface area contributed by atoms with Crippen LogP contribution in [-0.2, 0) is 19.7 Å². The van der Waals surface area contributed by atoms with E-state index in [0.717, 1.165) is 19.3 Å². The van der Waals surface area contributed by atoms with E-state index in [2.05, 4.69) is 14.9 Å². The molecule has 0 radical (unpaired) electrons. The summed E-state index contributed by atoms with van der Waals surface area (Å²) in [6, 6.07) is 0. The van der Waals surface area contributed by atoms with Crippen LogP contribution in [0.15, 0.2) is 4.42 Å². The molecular weight excluding hydrogens is 439 g/mol. The van der Waals surface area contributed by atoms with E-state index in [4.69, 9.17) is 9.15 Å². The largest absolute Gasteiger partial charge is 0.522 e. The molecule has 1 heterocycles. The fourth-order valence-electron chi connectivity index (χ4n) is 6.66. The summed E-state index contributed by atoms with van der Waals surface area (Å²) >= 11 is 0. The van der Waals surface area contributed by atoms with Crippen LogP contribution in [0.2, 0.25) is 0 Å². The van der Waals surface area contributed by atoms with Gasteiger partial charge in [-0.25, -0.2) is 8.78 Å². The topological polar surface area (TPSA) is 74.5 Å². The number of carbonyl (C=O) groups is 1. The lowest BCUT2D eigenvalue weighted by Crippen LogP contribution is -2.65. The van der Waals surface area contributed by atoms with Crippen molar-refractivity contribution >= 4 is 5.78 Å². The van der Waals surface area contributed by atoms with Crippen molar-refractivity contribution in [1.29, 1.82) is 0 Å². The molecule has 0 saturated heterocycles. The standard InChI is InChI=1S/C21H23F5N2O4/c22-20(23)14-3-12(4-15(14)20)30-6-11(29)5-18-7-19(8-18,9-18)17-28-27-16(31-17)10-1-13(2-10)32-21(24,25)26/h10,12-15H,1-9H2. The van der Waals surface area contributed by atoms with Crippen LogP contribution in [-0.4, -0.2) is 47.1 Å². The van der Waals surface area contributed by atoms with Crippen molar-refractivity contribution in [3.8, 4) is 0 Å². The molecule has 6 saturated carbocycles. The molecule has 1 aromatic rings. The van der Waals surface area contributed by atoms with Crippen molar-refractivity contribution in [2.45, 2.75) is 87.2 Å². The van der Waals surface area contributed by atoms with Gasteiger partial charge in [-0.15, -0.1) is 23.4 Å².